The summed E-state index contributed by atoms with van der Waals surface area (Å²) in [7, 11) is 1.55. The first-order valence-corrected chi connectivity index (χ1v) is 6.51. The molecule has 104 valence electrons. The summed E-state index contributed by atoms with van der Waals surface area (Å²) in [6, 6.07) is 3.68. The Morgan fingerprint density at radius 1 is 1.42 bits per heavy atom. The Kier molecular flexibility index (Phi) is 4.24. The molecule has 2 rings (SSSR count). The van der Waals surface area contributed by atoms with Crippen LogP contribution >= 0.6 is 0 Å². The van der Waals surface area contributed by atoms with Crippen molar-refractivity contribution in [1.82, 2.24) is 4.98 Å². The van der Waals surface area contributed by atoms with Crippen LogP contribution in [-0.4, -0.2) is 29.3 Å². The minimum absolute atomic E-state index is 0.0757. The molecule has 5 nitrogen and oxygen atoms in total. The van der Waals surface area contributed by atoms with Crippen molar-refractivity contribution in [3.05, 3.63) is 17.8 Å². The molecule has 0 radical (unpaired) electrons. The van der Waals surface area contributed by atoms with Crippen LogP contribution < -0.4 is 9.47 Å². The molecule has 0 spiro atoms. The van der Waals surface area contributed by atoms with Crippen molar-refractivity contribution < 1.29 is 19.4 Å². The molecule has 1 aromatic heterocycles. The molecule has 0 saturated heterocycles. The lowest BCUT2D eigenvalue weighted by Gasteiger charge is -2.27. The number of aliphatic carboxylic acids is 1. The molecule has 5 heteroatoms. The average molecular weight is 265 g/mol. The van der Waals surface area contributed by atoms with E-state index in [9.17, 15) is 4.79 Å². The van der Waals surface area contributed by atoms with Crippen molar-refractivity contribution >= 4 is 5.97 Å². The SMILES string of the molecule is COc1nc(C)ccc1O[C@H]1CCCC(C(=O)O)C1. The van der Waals surface area contributed by atoms with E-state index >= 15 is 0 Å². The van der Waals surface area contributed by atoms with Gasteiger partial charge in [0.2, 0.25) is 0 Å². The molecule has 1 aliphatic carbocycles. The minimum atomic E-state index is -0.734. The van der Waals surface area contributed by atoms with Crippen molar-refractivity contribution in [3.8, 4) is 11.6 Å². The second-order valence-electron chi connectivity index (χ2n) is 4.90. The topological polar surface area (TPSA) is 68.7 Å². The largest absolute Gasteiger partial charge is 0.485 e. The van der Waals surface area contributed by atoms with Gasteiger partial charge in [-0.25, -0.2) is 4.98 Å². The summed E-state index contributed by atoms with van der Waals surface area (Å²) in [5.41, 5.74) is 0.858. The van der Waals surface area contributed by atoms with E-state index in [0.29, 0.717) is 18.1 Å². The van der Waals surface area contributed by atoms with Crippen LogP contribution in [0.5, 0.6) is 11.6 Å². The summed E-state index contributed by atoms with van der Waals surface area (Å²) < 4.78 is 11.1. The lowest BCUT2D eigenvalue weighted by atomic mass is 9.87. The van der Waals surface area contributed by atoms with Crippen LogP contribution in [0.3, 0.4) is 0 Å². The Morgan fingerprint density at radius 2 is 2.21 bits per heavy atom. The minimum Gasteiger partial charge on any atom is -0.485 e. The Labute approximate surface area is 112 Å². The number of aromatic nitrogens is 1. The van der Waals surface area contributed by atoms with E-state index < -0.39 is 5.97 Å². The highest BCUT2D eigenvalue weighted by molar-refractivity contribution is 5.70. The average Bonchev–Trinajstić information content (AvgIpc) is 2.41. The number of pyridine rings is 1. The second-order valence-corrected chi connectivity index (χ2v) is 4.90. The normalized spacial score (nSPS) is 22.8. The molecular weight excluding hydrogens is 246 g/mol. The van der Waals surface area contributed by atoms with Crippen LogP contribution in [0.15, 0.2) is 12.1 Å². The number of rotatable bonds is 4. The Hall–Kier alpha value is -1.78. The van der Waals surface area contributed by atoms with Gasteiger partial charge in [-0.3, -0.25) is 4.79 Å². The third kappa shape index (κ3) is 3.36. The Morgan fingerprint density at radius 3 is 2.89 bits per heavy atom. The lowest BCUT2D eigenvalue weighted by Crippen LogP contribution is -2.29. The molecule has 0 amide bonds. The zero-order valence-electron chi connectivity index (χ0n) is 11.3. The molecule has 0 bridgehead atoms. The van der Waals surface area contributed by atoms with Gasteiger partial charge >= 0.3 is 5.97 Å². The first-order valence-electron chi connectivity index (χ1n) is 6.51. The molecule has 2 atom stereocenters. The van der Waals surface area contributed by atoms with Gasteiger partial charge in [0, 0.05) is 5.69 Å². The molecular formula is C14H19NO4. The maximum atomic E-state index is 11.0. The van der Waals surface area contributed by atoms with Crippen LogP contribution in [0, 0.1) is 12.8 Å². The third-order valence-corrected chi connectivity index (χ3v) is 3.43. The zero-order chi connectivity index (χ0) is 13.8. The number of carbonyl (C=O) groups is 1. The fourth-order valence-corrected chi connectivity index (χ4v) is 2.41. The van der Waals surface area contributed by atoms with E-state index in [1.807, 2.05) is 19.1 Å². The van der Waals surface area contributed by atoms with Gasteiger partial charge in [0.25, 0.3) is 5.88 Å². The highest BCUT2D eigenvalue weighted by atomic mass is 16.5. The van der Waals surface area contributed by atoms with E-state index in [2.05, 4.69) is 4.98 Å². The van der Waals surface area contributed by atoms with Crippen molar-refractivity contribution in [1.29, 1.82) is 0 Å². The second kappa shape index (κ2) is 5.91. The van der Waals surface area contributed by atoms with Crippen molar-refractivity contribution in [2.75, 3.05) is 7.11 Å². The maximum Gasteiger partial charge on any atom is 0.306 e. The monoisotopic (exact) mass is 265 g/mol. The number of aryl methyl sites for hydroxylation is 1. The van der Waals surface area contributed by atoms with Crippen LogP contribution in [0.1, 0.15) is 31.4 Å². The number of nitrogens with zero attached hydrogens (tertiary/aromatic N) is 1. The van der Waals surface area contributed by atoms with E-state index in [4.69, 9.17) is 14.6 Å². The van der Waals surface area contributed by atoms with Crippen molar-refractivity contribution in [2.24, 2.45) is 5.92 Å². The smallest absolute Gasteiger partial charge is 0.306 e. The lowest BCUT2D eigenvalue weighted by molar-refractivity contribution is -0.143. The van der Waals surface area contributed by atoms with E-state index in [1.54, 1.807) is 7.11 Å². The molecule has 1 N–H and O–H groups in total. The van der Waals surface area contributed by atoms with Crippen LogP contribution in [0.25, 0.3) is 0 Å². The molecule has 1 aliphatic rings. The number of ether oxygens (including phenoxy) is 2. The summed E-state index contributed by atoms with van der Waals surface area (Å²) in [5.74, 6) is 0.00651. The van der Waals surface area contributed by atoms with Gasteiger partial charge in [-0.15, -0.1) is 0 Å². The van der Waals surface area contributed by atoms with Crippen LogP contribution in [0.4, 0.5) is 0 Å². The van der Waals surface area contributed by atoms with Gasteiger partial charge in [0.1, 0.15) is 0 Å². The fourth-order valence-electron chi connectivity index (χ4n) is 2.41. The molecule has 1 fully saturated rings. The fraction of sp³-hybridized carbons (Fsp3) is 0.571. The van der Waals surface area contributed by atoms with E-state index in [0.717, 1.165) is 25.0 Å². The van der Waals surface area contributed by atoms with E-state index in [1.165, 1.54) is 0 Å². The number of hydrogen-bond donors (Lipinski definition) is 1. The summed E-state index contributed by atoms with van der Waals surface area (Å²) in [6.45, 7) is 1.88. The Balaban J connectivity index is 2.06. The summed E-state index contributed by atoms with van der Waals surface area (Å²) in [6.07, 6.45) is 2.96. The van der Waals surface area contributed by atoms with Gasteiger partial charge in [-0.1, -0.05) is 0 Å². The number of methoxy groups -OCH3 is 1. The Bertz CT molecular complexity index is 461. The summed E-state index contributed by atoms with van der Waals surface area (Å²) in [5, 5.41) is 9.07. The van der Waals surface area contributed by atoms with Gasteiger partial charge in [-0.2, -0.15) is 0 Å². The van der Waals surface area contributed by atoms with Gasteiger partial charge in [0.05, 0.1) is 19.1 Å². The first kappa shape index (κ1) is 13.6. The number of hydrogen-bond acceptors (Lipinski definition) is 4. The molecule has 19 heavy (non-hydrogen) atoms. The molecule has 1 aromatic rings. The van der Waals surface area contributed by atoms with Gasteiger partial charge in [-0.05, 0) is 44.7 Å². The van der Waals surface area contributed by atoms with Crippen molar-refractivity contribution in [3.63, 3.8) is 0 Å². The highest BCUT2D eigenvalue weighted by Gasteiger charge is 2.28. The van der Waals surface area contributed by atoms with E-state index in [-0.39, 0.29) is 12.0 Å². The summed E-state index contributed by atoms with van der Waals surface area (Å²) >= 11 is 0. The number of carboxylic acids is 1. The zero-order valence-corrected chi connectivity index (χ0v) is 11.3. The van der Waals surface area contributed by atoms with Crippen LogP contribution in [-0.2, 0) is 4.79 Å². The predicted octanol–water partition coefficient (Wildman–Crippen LogP) is 2.42. The van der Waals surface area contributed by atoms with Gasteiger partial charge < -0.3 is 14.6 Å². The molecule has 1 saturated carbocycles. The molecule has 1 unspecified atom stereocenters. The first-order chi connectivity index (χ1) is 9.10. The molecule has 1 heterocycles. The highest BCUT2D eigenvalue weighted by Crippen LogP contribution is 2.31. The molecule has 0 aromatic carbocycles. The summed E-state index contributed by atoms with van der Waals surface area (Å²) in [4.78, 5) is 15.3. The quantitative estimate of drug-likeness (QED) is 0.905. The van der Waals surface area contributed by atoms with Crippen LogP contribution in [0.2, 0.25) is 0 Å². The van der Waals surface area contributed by atoms with Gasteiger partial charge in [0.15, 0.2) is 5.75 Å². The third-order valence-electron chi connectivity index (χ3n) is 3.43. The standard InChI is InChI=1S/C14H19NO4/c1-9-6-7-12(13(15-9)18-2)19-11-5-3-4-10(8-11)14(16)17/h6-7,10-11H,3-5,8H2,1-2H3,(H,16,17)/t10?,11-/m0/s1. The van der Waals surface area contributed by atoms with Crippen molar-refractivity contribution in [2.45, 2.75) is 38.7 Å². The maximum absolute atomic E-state index is 11.0. The number of carboxylic acid groups (broad SMARTS) is 1. The molecule has 0 aliphatic heterocycles. The predicted molar refractivity (Wildman–Crippen MR) is 69.5 cm³/mol.